The van der Waals surface area contributed by atoms with E-state index in [4.69, 9.17) is 23.8 Å². The van der Waals surface area contributed by atoms with Gasteiger partial charge in [0.25, 0.3) is 0 Å². The molecule has 1 N–H and O–H groups in total. The van der Waals surface area contributed by atoms with Crippen LogP contribution in [0, 0.1) is 28.6 Å². The third-order valence-electron chi connectivity index (χ3n) is 10.3. The topological polar surface area (TPSA) is 78.7 Å². The first-order chi connectivity index (χ1) is 16.2. The van der Waals surface area contributed by atoms with Gasteiger partial charge in [0.1, 0.15) is 24.5 Å². The Morgan fingerprint density at radius 2 is 2.00 bits per heavy atom. The molecule has 0 aromatic heterocycles. The molecular weight excluding hydrogens is 441 g/mol. The van der Waals surface area contributed by atoms with Gasteiger partial charge in [-0.25, -0.2) is 4.39 Å². The Morgan fingerprint density at radius 3 is 2.74 bits per heavy atom. The fourth-order valence-electron chi connectivity index (χ4n) is 8.94. The first-order valence-electron chi connectivity index (χ1n) is 12.7. The van der Waals surface area contributed by atoms with E-state index in [2.05, 4.69) is 19.0 Å². The Morgan fingerprint density at radius 1 is 1.21 bits per heavy atom. The van der Waals surface area contributed by atoms with Gasteiger partial charge in [0, 0.05) is 16.7 Å². The zero-order valence-electron chi connectivity index (χ0n) is 20.5. The number of aliphatic hydroxyl groups is 1. The van der Waals surface area contributed by atoms with E-state index in [1.807, 2.05) is 32.1 Å². The summed E-state index contributed by atoms with van der Waals surface area (Å²) in [7, 11) is 0. The van der Waals surface area contributed by atoms with Crippen molar-refractivity contribution >= 4 is 5.71 Å². The molecule has 2 saturated heterocycles. The third-order valence-corrected chi connectivity index (χ3v) is 10.3. The third kappa shape index (κ3) is 2.47. The number of allylic oxidation sites excluding steroid dienone is 4. The van der Waals surface area contributed by atoms with Crippen LogP contribution in [-0.4, -0.2) is 60.8 Å². The minimum atomic E-state index is -1.79. The molecule has 9 atom stereocenters. The predicted octanol–water partition coefficient (Wildman–Crippen LogP) is 3.87. The number of oxime groups is 1. The molecule has 2 spiro atoms. The van der Waals surface area contributed by atoms with Crippen molar-refractivity contribution in [3.8, 4) is 0 Å². The van der Waals surface area contributed by atoms with Crippen LogP contribution in [-0.2, 0) is 23.8 Å². The first kappa shape index (κ1) is 23.1. The summed E-state index contributed by atoms with van der Waals surface area (Å²) >= 11 is 0. The number of alkyl halides is 1. The van der Waals surface area contributed by atoms with Crippen molar-refractivity contribution in [3.63, 3.8) is 0 Å². The lowest BCUT2D eigenvalue weighted by Gasteiger charge is -2.63. The fraction of sp³-hybridized carbons (Fsp3) is 0.808. The summed E-state index contributed by atoms with van der Waals surface area (Å²) < 4.78 is 41.8. The SMILES string of the molecule is CCO/N=C1/C=C[C@@]2(C)C(=C1)CC[C@H]1[C@@H]3C[C@H](C)[C@@]4(OCOC45COCO5)[C@@]3(C)C[C@H](O)[C@@]12F. The van der Waals surface area contributed by atoms with E-state index < -0.39 is 34.0 Å². The van der Waals surface area contributed by atoms with Crippen LogP contribution < -0.4 is 0 Å². The zero-order chi connectivity index (χ0) is 24.0. The maximum Gasteiger partial charge on any atom is 0.227 e. The molecule has 0 radical (unpaired) electrons. The molecule has 3 saturated carbocycles. The molecule has 0 amide bonds. The van der Waals surface area contributed by atoms with Crippen LogP contribution in [0.3, 0.4) is 0 Å². The minimum absolute atomic E-state index is 0.0175. The second-order valence-electron chi connectivity index (χ2n) is 11.4. The highest BCUT2D eigenvalue weighted by Gasteiger charge is 2.81. The first-order valence-corrected chi connectivity index (χ1v) is 12.7. The maximum absolute atomic E-state index is 17.5. The largest absolute Gasteiger partial charge is 0.396 e. The van der Waals surface area contributed by atoms with Gasteiger partial charge in [0.05, 0.1) is 6.10 Å². The maximum atomic E-state index is 17.5. The molecule has 0 aromatic carbocycles. The monoisotopic (exact) mass is 477 g/mol. The summed E-state index contributed by atoms with van der Waals surface area (Å²) in [5.74, 6) is -1.24. The van der Waals surface area contributed by atoms with Crippen molar-refractivity contribution in [2.75, 3.05) is 26.8 Å². The number of rotatable bonds is 2. The Labute approximate surface area is 200 Å². The molecule has 188 valence electrons. The normalized spacial score (nSPS) is 54.9. The van der Waals surface area contributed by atoms with Crippen LogP contribution in [0.4, 0.5) is 4.39 Å². The Balaban J connectivity index is 1.42. The molecule has 0 bridgehead atoms. The number of halogens is 1. The highest BCUT2D eigenvalue weighted by molar-refractivity contribution is 6.05. The average Bonchev–Trinajstić information content (AvgIpc) is 3.49. The molecule has 6 aliphatic rings. The number of nitrogens with zero attached hydrogens (tertiary/aromatic N) is 1. The van der Waals surface area contributed by atoms with Crippen molar-refractivity contribution in [3.05, 3.63) is 23.8 Å². The summed E-state index contributed by atoms with van der Waals surface area (Å²) in [6, 6.07) is 0. The Kier molecular flexibility index (Phi) is 5.00. The lowest BCUT2D eigenvalue weighted by atomic mass is 9.44. The second-order valence-corrected chi connectivity index (χ2v) is 11.4. The lowest BCUT2D eigenvalue weighted by molar-refractivity contribution is -0.277. The van der Waals surface area contributed by atoms with Gasteiger partial charge in [-0.15, -0.1) is 0 Å². The summed E-state index contributed by atoms with van der Waals surface area (Å²) in [5, 5.41) is 15.8. The quantitative estimate of drug-likeness (QED) is 0.609. The van der Waals surface area contributed by atoms with Gasteiger partial charge in [-0.2, -0.15) is 0 Å². The van der Waals surface area contributed by atoms with E-state index in [0.29, 0.717) is 18.7 Å². The number of ether oxygens (including phenoxy) is 4. The number of hydrogen-bond acceptors (Lipinski definition) is 7. The van der Waals surface area contributed by atoms with Crippen LogP contribution in [0.5, 0.6) is 0 Å². The smallest absolute Gasteiger partial charge is 0.227 e. The summed E-state index contributed by atoms with van der Waals surface area (Å²) in [5.41, 5.74) is -2.34. The zero-order valence-corrected chi connectivity index (χ0v) is 20.5. The van der Waals surface area contributed by atoms with E-state index in [1.54, 1.807) is 0 Å². The van der Waals surface area contributed by atoms with E-state index in [1.165, 1.54) is 0 Å². The van der Waals surface area contributed by atoms with Gasteiger partial charge in [-0.05, 0) is 63.5 Å². The van der Waals surface area contributed by atoms with Crippen molar-refractivity contribution in [2.45, 2.75) is 76.5 Å². The second kappa shape index (κ2) is 7.35. The molecule has 6 rings (SSSR count). The molecule has 4 aliphatic carbocycles. The minimum Gasteiger partial charge on any atom is -0.396 e. The molecule has 5 fully saturated rings. The van der Waals surface area contributed by atoms with Crippen molar-refractivity contribution < 1.29 is 33.3 Å². The van der Waals surface area contributed by atoms with Gasteiger partial charge >= 0.3 is 0 Å². The van der Waals surface area contributed by atoms with Gasteiger partial charge in [0.2, 0.25) is 5.79 Å². The van der Waals surface area contributed by atoms with Crippen molar-refractivity contribution in [1.29, 1.82) is 0 Å². The van der Waals surface area contributed by atoms with Crippen molar-refractivity contribution in [1.82, 2.24) is 0 Å². The Hall–Kier alpha value is -1.32. The summed E-state index contributed by atoms with van der Waals surface area (Å²) in [4.78, 5) is 5.22. The molecule has 8 heteroatoms. The molecule has 1 unspecified atom stereocenters. The lowest BCUT2D eigenvalue weighted by Crippen LogP contribution is -2.71. The van der Waals surface area contributed by atoms with E-state index in [-0.39, 0.29) is 44.4 Å². The standard InChI is InChI=1S/C26H36FNO6/c1-5-34-28-18-8-9-22(3)17(11-18)6-7-19-20-10-16(2)26(23(20,4)12-21(29)25(19,22)27)24(32-15-33-26)13-30-14-31-24/h8-9,11,16,19-21,29H,5-7,10,12-15H2,1-4H3/b28-18-/t16-,19-,20-,21-,22-,23-,24?,25-,26+/m0/s1. The van der Waals surface area contributed by atoms with Crippen LogP contribution in [0.2, 0.25) is 0 Å². The molecule has 2 heterocycles. The number of fused-ring (bicyclic) bond motifs is 7. The molecule has 2 aliphatic heterocycles. The van der Waals surface area contributed by atoms with Gasteiger partial charge < -0.3 is 28.9 Å². The fourth-order valence-corrected chi connectivity index (χ4v) is 8.94. The number of hydrogen-bond donors (Lipinski definition) is 1. The van der Waals surface area contributed by atoms with Crippen LogP contribution in [0.1, 0.15) is 53.4 Å². The van der Waals surface area contributed by atoms with E-state index in [9.17, 15) is 5.11 Å². The Bertz CT molecular complexity index is 955. The predicted molar refractivity (Wildman–Crippen MR) is 121 cm³/mol. The van der Waals surface area contributed by atoms with Gasteiger partial charge in [-0.3, -0.25) is 0 Å². The average molecular weight is 478 g/mol. The van der Waals surface area contributed by atoms with Crippen LogP contribution in [0.15, 0.2) is 29.0 Å². The van der Waals surface area contributed by atoms with E-state index >= 15 is 4.39 Å². The van der Waals surface area contributed by atoms with Gasteiger partial charge in [0.15, 0.2) is 19.3 Å². The number of aliphatic hydroxyl groups excluding tert-OH is 1. The van der Waals surface area contributed by atoms with Crippen LogP contribution in [0.25, 0.3) is 0 Å². The van der Waals surface area contributed by atoms with Gasteiger partial charge in [-0.1, -0.05) is 30.7 Å². The summed E-state index contributed by atoms with van der Waals surface area (Å²) in [6.45, 7) is 9.16. The molecule has 34 heavy (non-hydrogen) atoms. The molecule has 7 nitrogen and oxygen atoms in total. The molecule has 0 aromatic rings. The summed E-state index contributed by atoms with van der Waals surface area (Å²) in [6.07, 6.45) is 7.01. The highest BCUT2D eigenvalue weighted by atomic mass is 19.1. The van der Waals surface area contributed by atoms with E-state index in [0.717, 1.165) is 18.4 Å². The molecular formula is C26H36FNO6. The van der Waals surface area contributed by atoms with Crippen molar-refractivity contribution in [2.24, 2.45) is 33.7 Å². The highest BCUT2D eigenvalue weighted by Crippen LogP contribution is 2.74. The van der Waals surface area contributed by atoms with Crippen LogP contribution >= 0.6 is 0 Å².